The molecule has 0 fully saturated rings. The van der Waals surface area contributed by atoms with Crippen molar-refractivity contribution >= 4 is 33.3 Å². The molecule has 150 valence electrons. The second kappa shape index (κ2) is 8.42. The normalized spacial score (nSPS) is 11.0. The maximum atomic E-state index is 12.7. The Morgan fingerprint density at radius 3 is 2.31 bits per heavy atom. The molecule has 0 atom stereocenters. The summed E-state index contributed by atoms with van der Waals surface area (Å²) in [5.41, 5.74) is 0.189. The minimum absolute atomic E-state index is 0.0116. The topological polar surface area (TPSA) is 102 Å². The first-order chi connectivity index (χ1) is 13.8. The van der Waals surface area contributed by atoms with Gasteiger partial charge in [0.25, 0.3) is 10.0 Å². The van der Waals surface area contributed by atoms with Gasteiger partial charge >= 0.3 is 5.97 Å². The third kappa shape index (κ3) is 4.79. The highest BCUT2D eigenvalue weighted by atomic mass is 35.5. The van der Waals surface area contributed by atoms with Crippen molar-refractivity contribution in [3.63, 3.8) is 0 Å². The van der Waals surface area contributed by atoms with Gasteiger partial charge in [-0.2, -0.15) is 0 Å². The largest absolute Gasteiger partial charge is 0.493 e. The Morgan fingerprint density at radius 2 is 1.66 bits per heavy atom. The molecule has 0 saturated carbocycles. The van der Waals surface area contributed by atoms with Crippen LogP contribution < -0.4 is 14.2 Å². The Bertz CT molecular complexity index is 1150. The summed E-state index contributed by atoms with van der Waals surface area (Å²) in [5, 5.41) is 9.42. The molecule has 0 radical (unpaired) electrons. The van der Waals surface area contributed by atoms with E-state index in [0.29, 0.717) is 16.5 Å². The second-order valence-electron chi connectivity index (χ2n) is 5.83. The Hall–Kier alpha value is -3.23. The number of sulfonamides is 1. The fourth-order valence-electron chi connectivity index (χ4n) is 2.46. The maximum Gasteiger partial charge on any atom is 0.335 e. The first-order valence-electron chi connectivity index (χ1n) is 8.27. The van der Waals surface area contributed by atoms with E-state index in [1.54, 1.807) is 42.5 Å². The zero-order chi connectivity index (χ0) is 21.0. The van der Waals surface area contributed by atoms with Crippen LogP contribution in [-0.4, -0.2) is 26.6 Å². The van der Waals surface area contributed by atoms with Gasteiger partial charge in [-0.25, -0.2) is 13.2 Å². The fourth-order valence-corrected chi connectivity index (χ4v) is 3.70. The molecular formula is C20H16ClNO6S. The molecule has 0 unspecified atom stereocenters. The molecule has 3 rings (SSSR count). The molecule has 29 heavy (non-hydrogen) atoms. The maximum absolute atomic E-state index is 12.7. The van der Waals surface area contributed by atoms with Crippen molar-refractivity contribution in [1.29, 1.82) is 0 Å². The minimum atomic E-state index is -3.97. The molecule has 0 amide bonds. The van der Waals surface area contributed by atoms with E-state index in [1.807, 2.05) is 0 Å². The number of hydrogen-bond donors (Lipinski definition) is 2. The molecule has 0 aliphatic heterocycles. The standard InChI is InChI=1S/C20H16ClNO6S/c1-27-19-12-14(21)8-11-18(19)28-17-5-3-2-4-16(17)22-29(25,26)15-9-6-13(7-10-15)20(23)24/h2-12,22H,1H3,(H,23,24). The van der Waals surface area contributed by atoms with Crippen LogP contribution in [0.1, 0.15) is 10.4 Å². The van der Waals surface area contributed by atoms with Crippen molar-refractivity contribution in [2.75, 3.05) is 11.8 Å². The molecule has 0 aliphatic rings. The van der Waals surface area contributed by atoms with Crippen LogP contribution in [0.4, 0.5) is 5.69 Å². The van der Waals surface area contributed by atoms with Gasteiger partial charge in [-0.05, 0) is 48.5 Å². The number of nitrogens with one attached hydrogen (secondary N) is 1. The Kier molecular flexibility index (Phi) is 5.95. The summed E-state index contributed by atoms with van der Waals surface area (Å²) in [5.74, 6) is -0.148. The van der Waals surface area contributed by atoms with Gasteiger partial charge in [-0.15, -0.1) is 0 Å². The van der Waals surface area contributed by atoms with E-state index in [0.717, 1.165) is 0 Å². The summed E-state index contributed by atoms with van der Waals surface area (Å²) in [6, 6.07) is 16.2. The number of rotatable bonds is 7. The van der Waals surface area contributed by atoms with E-state index >= 15 is 0 Å². The van der Waals surface area contributed by atoms with Crippen LogP contribution in [0.25, 0.3) is 0 Å². The lowest BCUT2D eigenvalue weighted by Crippen LogP contribution is -2.13. The molecule has 0 aromatic heterocycles. The molecule has 3 aromatic carbocycles. The van der Waals surface area contributed by atoms with E-state index in [-0.39, 0.29) is 21.9 Å². The Balaban J connectivity index is 1.90. The third-order valence-electron chi connectivity index (χ3n) is 3.89. The number of methoxy groups -OCH3 is 1. The predicted octanol–water partition coefficient (Wildman–Crippen LogP) is 4.64. The highest BCUT2D eigenvalue weighted by Gasteiger charge is 2.18. The number of carboxylic acids is 1. The van der Waals surface area contributed by atoms with Gasteiger partial charge in [0.05, 0.1) is 23.3 Å². The molecule has 3 aromatic rings. The van der Waals surface area contributed by atoms with Crippen LogP contribution >= 0.6 is 11.6 Å². The van der Waals surface area contributed by atoms with Crippen molar-refractivity contribution in [2.45, 2.75) is 4.90 Å². The summed E-state index contributed by atoms with van der Waals surface area (Å²) in [6.07, 6.45) is 0. The summed E-state index contributed by atoms with van der Waals surface area (Å²) in [7, 11) is -2.50. The van der Waals surface area contributed by atoms with Gasteiger partial charge in [0.1, 0.15) is 0 Å². The van der Waals surface area contributed by atoms with Crippen molar-refractivity contribution in [1.82, 2.24) is 0 Å². The number of hydrogen-bond acceptors (Lipinski definition) is 5. The fraction of sp³-hybridized carbons (Fsp3) is 0.0500. The summed E-state index contributed by atoms with van der Waals surface area (Å²) in [6.45, 7) is 0. The highest BCUT2D eigenvalue weighted by Crippen LogP contribution is 2.37. The Morgan fingerprint density at radius 1 is 0.966 bits per heavy atom. The van der Waals surface area contributed by atoms with Gasteiger partial charge < -0.3 is 14.6 Å². The van der Waals surface area contributed by atoms with Crippen LogP contribution in [0, 0.1) is 0 Å². The zero-order valence-corrected chi connectivity index (χ0v) is 16.7. The number of aromatic carboxylic acids is 1. The van der Waals surface area contributed by atoms with Gasteiger partial charge in [0, 0.05) is 11.1 Å². The second-order valence-corrected chi connectivity index (χ2v) is 7.95. The van der Waals surface area contributed by atoms with E-state index in [2.05, 4.69) is 4.72 Å². The van der Waals surface area contributed by atoms with Crippen molar-refractivity contribution in [2.24, 2.45) is 0 Å². The first kappa shape index (κ1) is 20.5. The zero-order valence-electron chi connectivity index (χ0n) is 15.1. The van der Waals surface area contributed by atoms with E-state index in [1.165, 1.54) is 31.4 Å². The number of carbonyl (C=O) groups is 1. The monoisotopic (exact) mass is 433 g/mol. The molecule has 9 heteroatoms. The molecular weight excluding hydrogens is 418 g/mol. The van der Waals surface area contributed by atoms with Crippen LogP contribution in [0.3, 0.4) is 0 Å². The van der Waals surface area contributed by atoms with Crippen LogP contribution in [0.5, 0.6) is 17.2 Å². The van der Waals surface area contributed by atoms with Crippen molar-refractivity contribution in [3.05, 3.63) is 77.3 Å². The number of carboxylic acid groups (broad SMARTS) is 1. The molecule has 0 bridgehead atoms. The van der Waals surface area contributed by atoms with Crippen molar-refractivity contribution in [3.8, 4) is 17.2 Å². The lowest BCUT2D eigenvalue weighted by atomic mass is 10.2. The van der Waals surface area contributed by atoms with E-state index in [4.69, 9.17) is 26.2 Å². The van der Waals surface area contributed by atoms with Crippen molar-refractivity contribution < 1.29 is 27.8 Å². The van der Waals surface area contributed by atoms with Gasteiger partial charge in [-0.3, -0.25) is 4.72 Å². The lowest BCUT2D eigenvalue weighted by molar-refractivity contribution is 0.0696. The van der Waals surface area contributed by atoms with E-state index < -0.39 is 16.0 Å². The predicted molar refractivity (Wildman–Crippen MR) is 109 cm³/mol. The van der Waals surface area contributed by atoms with E-state index in [9.17, 15) is 13.2 Å². The smallest absolute Gasteiger partial charge is 0.335 e. The number of ether oxygens (including phenoxy) is 2. The van der Waals surface area contributed by atoms with Crippen LogP contribution in [0.2, 0.25) is 5.02 Å². The minimum Gasteiger partial charge on any atom is -0.493 e. The number of para-hydroxylation sites is 2. The van der Waals surface area contributed by atoms with Gasteiger partial charge in [0.15, 0.2) is 17.2 Å². The summed E-state index contributed by atoms with van der Waals surface area (Å²) >= 11 is 5.95. The average molecular weight is 434 g/mol. The Labute approximate surface area is 172 Å². The number of anilines is 1. The molecule has 0 heterocycles. The molecule has 0 spiro atoms. The number of benzene rings is 3. The number of halogens is 1. The van der Waals surface area contributed by atoms with Crippen LogP contribution in [0.15, 0.2) is 71.6 Å². The quantitative estimate of drug-likeness (QED) is 0.562. The summed E-state index contributed by atoms with van der Waals surface area (Å²) < 4.78 is 38.9. The average Bonchev–Trinajstić information content (AvgIpc) is 2.70. The van der Waals surface area contributed by atoms with Crippen LogP contribution in [-0.2, 0) is 10.0 Å². The third-order valence-corrected chi connectivity index (χ3v) is 5.51. The van der Waals surface area contributed by atoms with Gasteiger partial charge in [0.2, 0.25) is 0 Å². The summed E-state index contributed by atoms with van der Waals surface area (Å²) in [4.78, 5) is 10.9. The lowest BCUT2D eigenvalue weighted by Gasteiger charge is -2.15. The first-order valence-corrected chi connectivity index (χ1v) is 10.1. The van der Waals surface area contributed by atoms with Gasteiger partial charge in [-0.1, -0.05) is 23.7 Å². The molecule has 2 N–H and O–H groups in total. The SMILES string of the molecule is COc1cc(Cl)ccc1Oc1ccccc1NS(=O)(=O)c1ccc(C(=O)O)cc1. The highest BCUT2D eigenvalue weighted by molar-refractivity contribution is 7.92. The molecule has 0 saturated heterocycles. The molecule has 0 aliphatic carbocycles. The molecule has 7 nitrogen and oxygen atoms in total.